The Labute approximate surface area is 153 Å². The number of nitrogens with zero attached hydrogens (tertiary/aromatic N) is 1. The van der Waals surface area contributed by atoms with Gasteiger partial charge in [-0.25, -0.2) is 9.78 Å². The standard InChI is InChI=1S/C16H16ClN3O4S/c1-3-24-15(23)11-7-10(4-5-12(11)17)19-14(22)8-25-16-18-9(2)6-13(21)20-16/h4-7H,3,8H2,1-2H3,(H,19,22)(H,18,20,21). The van der Waals surface area contributed by atoms with Gasteiger partial charge in [-0.3, -0.25) is 9.59 Å². The summed E-state index contributed by atoms with van der Waals surface area (Å²) in [6.45, 7) is 3.62. The van der Waals surface area contributed by atoms with Crippen molar-refractivity contribution in [1.82, 2.24) is 9.97 Å². The minimum atomic E-state index is -0.556. The molecule has 0 saturated heterocycles. The van der Waals surface area contributed by atoms with Crippen LogP contribution in [0.4, 0.5) is 5.69 Å². The molecule has 0 unspecified atom stereocenters. The number of anilines is 1. The first-order chi connectivity index (χ1) is 11.9. The van der Waals surface area contributed by atoms with E-state index in [1.54, 1.807) is 19.9 Å². The van der Waals surface area contributed by atoms with Gasteiger partial charge in [-0.1, -0.05) is 23.4 Å². The van der Waals surface area contributed by atoms with Crippen molar-refractivity contribution in [2.24, 2.45) is 0 Å². The van der Waals surface area contributed by atoms with Crippen LogP contribution < -0.4 is 10.9 Å². The molecule has 25 heavy (non-hydrogen) atoms. The number of esters is 1. The molecule has 0 fully saturated rings. The fourth-order valence-electron chi connectivity index (χ4n) is 1.92. The number of halogens is 1. The molecule has 132 valence electrons. The smallest absolute Gasteiger partial charge is 0.339 e. The van der Waals surface area contributed by atoms with Gasteiger partial charge < -0.3 is 15.0 Å². The second-order valence-electron chi connectivity index (χ2n) is 4.94. The number of carbonyl (C=O) groups is 2. The van der Waals surface area contributed by atoms with Crippen LogP contribution in [-0.4, -0.2) is 34.2 Å². The van der Waals surface area contributed by atoms with Gasteiger partial charge >= 0.3 is 5.97 Å². The van der Waals surface area contributed by atoms with E-state index < -0.39 is 5.97 Å². The van der Waals surface area contributed by atoms with Crippen molar-refractivity contribution in [3.8, 4) is 0 Å². The fraction of sp³-hybridized carbons (Fsp3) is 0.250. The van der Waals surface area contributed by atoms with Crippen molar-refractivity contribution in [3.05, 3.63) is 50.9 Å². The van der Waals surface area contributed by atoms with Crippen molar-refractivity contribution < 1.29 is 14.3 Å². The number of hydrogen-bond acceptors (Lipinski definition) is 6. The molecule has 2 aromatic rings. The molecule has 1 amide bonds. The molecule has 2 N–H and O–H groups in total. The first-order valence-corrected chi connectivity index (χ1v) is 8.72. The topological polar surface area (TPSA) is 101 Å². The van der Waals surface area contributed by atoms with Gasteiger partial charge in [0.1, 0.15) is 0 Å². The number of aryl methyl sites for hydroxylation is 1. The van der Waals surface area contributed by atoms with Crippen molar-refractivity contribution in [2.75, 3.05) is 17.7 Å². The number of aromatic amines is 1. The third kappa shape index (κ3) is 5.61. The van der Waals surface area contributed by atoms with Gasteiger partial charge in [0.2, 0.25) is 5.91 Å². The molecule has 1 aromatic carbocycles. The quantitative estimate of drug-likeness (QED) is 0.453. The second-order valence-corrected chi connectivity index (χ2v) is 6.32. The lowest BCUT2D eigenvalue weighted by Crippen LogP contribution is -2.16. The first-order valence-electron chi connectivity index (χ1n) is 7.36. The number of amides is 1. The van der Waals surface area contributed by atoms with Crippen LogP contribution in [0.15, 0.2) is 34.2 Å². The van der Waals surface area contributed by atoms with Crippen LogP contribution in [0.2, 0.25) is 5.02 Å². The highest BCUT2D eigenvalue weighted by atomic mass is 35.5. The summed E-state index contributed by atoms with van der Waals surface area (Å²) in [6, 6.07) is 5.92. The Morgan fingerprint density at radius 1 is 1.36 bits per heavy atom. The molecule has 0 aliphatic rings. The van der Waals surface area contributed by atoms with E-state index in [2.05, 4.69) is 15.3 Å². The molecule has 1 heterocycles. The van der Waals surface area contributed by atoms with Crippen LogP contribution in [0.5, 0.6) is 0 Å². The van der Waals surface area contributed by atoms with Crippen molar-refractivity contribution in [1.29, 1.82) is 0 Å². The number of ether oxygens (including phenoxy) is 1. The maximum atomic E-state index is 12.0. The fourth-order valence-corrected chi connectivity index (χ4v) is 2.84. The van der Waals surface area contributed by atoms with E-state index in [-0.39, 0.29) is 34.4 Å². The largest absolute Gasteiger partial charge is 0.462 e. The first kappa shape index (κ1) is 19.0. The molecule has 0 radical (unpaired) electrons. The Morgan fingerprint density at radius 2 is 2.12 bits per heavy atom. The molecule has 0 aliphatic carbocycles. The molecule has 0 bridgehead atoms. The Hall–Kier alpha value is -2.32. The van der Waals surface area contributed by atoms with E-state index in [9.17, 15) is 14.4 Å². The number of hydrogen-bond donors (Lipinski definition) is 2. The number of aromatic nitrogens is 2. The molecule has 1 aromatic heterocycles. The maximum Gasteiger partial charge on any atom is 0.339 e. The van der Waals surface area contributed by atoms with Gasteiger partial charge in [0.15, 0.2) is 5.16 Å². The van der Waals surface area contributed by atoms with Crippen LogP contribution in [0.25, 0.3) is 0 Å². The summed E-state index contributed by atoms with van der Waals surface area (Å²) in [6.07, 6.45) is 0. The highest BCUT2D eigenvalue weighted by Crippen LogP contribution is 2.22. The monoisotopic (exact) mass is 381 g/mol. The summed E-state index contributed by atoms with van der Waals surface area (Å²) in [5.74, 6) is -0.824. The molecule has 0 spiro atoms. The Balaban J connectivity index is 2.01. The molecule has 2 rings (SSSR count). The molecular weight excluding hydrogens is 366 g/mol. The van der Waals surface area contributed by atoms with Crippen LogP contribution in [-0.2, 0) is 9.53 Å². The molecular formula is C16H16ClN3O4S. The van der Waals surface area contributed by atoms with E-state index in [1.807, 2.05) is 0 Å². The summed E-state index contributed by atoms with van der Waals surface area (Å²) in [7, 11) is 0. The molecule has 0 saturated carbocycles. The van der Waals surface area contributed by atoms with Crippen molar-refractivity contribution in [2.45, 2.75) is 19.0 Å². The highest BCUT2D eigenvalue weighted by molar-refractivity contribution is 7.99. The van der Waals surface area contributed by atoms with E-state index in [4.69, 9.17) is 16.3 Å². The Bertz CT molecular complexity index is 854. The normalized spacial score (nSPS) is 10.4. The lowest BCUT2D eigenvalue weighted by atomic mass is 10.2. The third-order valence-corrected chi connectivity index (χ3v) is 4.14. The zero-order valence-electron chi connectivity index (χ0n) is 13.6. The predicted molar refractivity (Wildman–Crippen MR) is 96.4 cm³/mol. The summed E-state index contributed by atoms with van der Waals surface area (Å²) < 4.78 is 4.91. The van der Waals surface area contributed by atoms with Crippen molar-refractivity contribution >= 4 is 40.9 Å². The van der Waals surface area contributed by atoms with Crippen LogP contribution in [0.3, 0.4) is 0 Å². The Morgan fingerprint density at radius 3 is 2.80 bits per heavy atom. The predicted octanol–water partition coefficient (Wildman–Crippen LogP) is 2.64. The van der Waals surface area contributed by atoms with E-state index in [0.29, 0.717) is 16.5 Å². The summed E-state index contributed by atoms with van der Waals surface area (Å²) >= 11 is 7.08. The zero-order chi connectivity index (χ0) is 18.4. The van der Waals surface area contributed by atoms with Crippen LogP contribution in [0.1, 0.15) is 23.0 Å². The van der Waals surface area contributed by atoms with E-state index in [1.165, 1.54) is 18.2 Å². The average Bonchev–Trinajstić information content (AvgIpc) is 2.54. The second kappa shape index (κ2) is 8.68. The minimum Gasteiger partial charge on any atom is -0.462 e. The lowest BCUT2D eigenvalue weighted by molar-refractivity contribution is -0.113. The van der Waals surface area contributed by atoms with Crippen molar-refractivity contribution in [3.63, 3.8) is 0 Å². The number of rotatable bonds is 6. The number of thioether (sulfide) groups is 1. The maximum absolute atomic E-state index is 12.0. The van der Waals surface area contributed by atoms with Gasteiger partial charge in [-0.2, -0.15) is 0 Å². The van der Waals surface area contributed by atoms with Gasteiger partial charge in [0.05, 0.1) is 22.9 Å². The summed E-state index contributed by atoms with van der Waals surface area (Å²) in [4.78, 5) is 41.9. The van der Waals surface area contributed by atoms with Crippen LogP contribution in [0, 0.1) is 6.92 Å². The highest BCUT2D eigenvalue weighted by Gasteiger charge is 2.13. The van der Waals surface area contributed by atoms with Gasteiger partial charge in [0.25, 0.3) is 5.56 Å². The van der Waals surface area contributed by atoms with Gasteiger partial charge in [-0.15, -0.1) is 0 Å². The van der Waals surface area contributed by atoms with Crippen LogP contribution >= 0.6 is 23.4 Å². The number of nitrogens with one attached hydrogen (secondary N) is 2. The lowest BCUT2D eigenvalue weighted by Gasteiger charge is -2.09. The zero-order valence-corrected chi connectivity index (χ0v) is 15.2. The SMILES string of the molecule is CCOC(=O)c1cc(NC(=O)CSc2nc(C)cc(=O)[nH]2)ccc1Cl. The molecule has 7 nitrogen and oxygen atoms in total. The third-order valence-electron chi connectivity index (χ3n) is 2.93. The Kier molecular flexibility index (Phi) is 6.60. The summed E-state index contributed by atoms with van der Waals surface area (Å²) in [5.41, 5.74) is 0.901. The van der Waals surface area contributed by atoms with E-state index in [0.717, 1.165) is 11.8 Å². The van der Waals surface area contributed by atoms with Gasteiger partial charge in [0, 0.05) is 17.4 Å². The molecule has 0 atom stereocenters. The number of carbonyl (C=O) groups excluding carboxylic acids is 2. The van der Waals surface area contributed by atoms with Gasteiger partial charge in [-0.05, 0) is 32.0 Å². The molecule has 9 heteroatoms. The number of benzene rings is 1. The van der Waals surface area contributed by atoms with E-state index >= 15 is 0 Å². The minimum absolute atomic E-state index is 0.0454. The number of H-pyrrole nitrogens is 1. The molecule has 0 aliphatic heterocycles. The average molecular weight is 382 g/mol. The summed E-state index contributed by atoms with van der Waals surface area (Å²) in [5, 5.41) is 3.27.